The monoisotopic (exact) mass is 315 g/mol. The molecule has 2 aromatic carbocycles. The number of amides is 1. The van der Waals surface area contributed by atoms with E-state index in [1.54, 1.807) is 0 Å². The Morgan fingerprint density at radius 2 is 1.55 bits per heavy atom. The number of unbranched alkanes of at least 4 members (excludes halogenated alkanes) is 1. The van der Waals surface area contributed by atoms with Crippen LogP contribution in [0.25, 0.3) is 0 Å². The van der Waals surface area contributed by atoms with E-state index in [1.807, 2.05) is 36.4 Å². The Labute approximate surface area is 137 Å². The number of carbonyl (C=O) groups excluding carboxylic acids is 1. The number of hydrogen-bond donors (Lipinski definition) is 1. The molecule has 0 unspecified atom stereocenters. The third-order valence-corrected chi connectivity index (χ3v) is 3.86. The highest BCUT2D eigenvalue weighted by molar-refractivity contribution is 6.30. The number of rotatable bonds is 7. The van der Waals surface area contributed by atoms with Gasteiger partial charge in [-0.2, -0.15) is 0 Å². The predicted octanol–water partition coefficient (Wildman–Crippen LogP) is 5.25. The van der Waals surface area contributed by atoms with Crippen molar-refractivity contribution >= 4 is 23.2 Å². The third-order valence-electron chi connectivity index (χ3n) is 3.61. The smallest absolute Gasteiger partial charge is 0.224 e. The van der Waals surface area contributed by atoms with E-state index in [0.29, 0.717) is 6.42 Å². The van der Waals surface area contributed by atoms with Crippen LogP contribution in [0.4, 0.5) is 5.69 Å². The molecule has 0 saturated carbocycles. The fourth-order valence-corrected chi connectivity index (χ4v) is 2.39. The van der Waals surface area contributed by atoms with Gasteiger partial charge in [0, 0.05) is 17.1 Å². The molecule has 2 nitrogen and oxygen atoms in total. The summed E-state index contributed by atoms with van der Waals surface area (Å²) < 4.78 is 0. The summed E-state index contributed by atoms with van der Waals surface area (Å²) in [5.74, 6) is 0.0382. The first kappa shape index (κ1) is 16.6. The largest absolute Gasteiger partial charge is 0.326 e. The SMILES string of the molecule is CCCCc1ccc(NC(=O)CCc2ccc(Cl)cc2)cc1. The van der Waals surface area contributed by atoms with E-state index in [4.69, 9.17) is 11.6 Å². The maximum absolute atomic E-state index is 12.0. The Bertz CT molecular complexity index is 590. The second kappa shape index (κ2) is 8.60. The van der Waals surface area contributed by atoms with Gasteiger partial charge in [0.25, 0.3) is 0 Å². The van der Waals surface area contributed by atoms with Gasteiger partial charge in [0.15, 0.2) is 0 Å². The number of benzene rings is 2. The first-order chi connectivity index (χ1) is 10.7. The maximum Gasteiger partial charge on any atom is 0.224 e. The standard InChI is InChI=1S/C19H22ClNO/c1-2-3-4-15-7-12-18(13-8-15)21-19(22)14-9-16-5-10-17(20)11-6-16/h5-8,10-13H,2-4,9,14H2,1H3,(H,21,22). The van der Waals surface area contributed by atoms with E-state index in [2.05, 4.69) is 24.4 Å². The molecule has 22 heavy (non-hydrogen) atoms. The Morgan fingerprint density at radius 1 is 0.955 bits per heavy atom. The number of aryl methyl sites for hydroxylation is 2. The Morgan fingerprint density at radius 3 is 2.18 bits per heavy atom. The minimum Gasteiger partial charge on any atom is -0.326 e. The van der Waals surface area contributed by atoms with Crippen molar-refractivity contribution in [1.82, 2.24) is 0 Å². The second-order valence-electron chi connectivity index (χ2n) is 5.48. The van der Waals surface area contributed by atoms with E-state index in [0.717, 1.165) is 29.1 Å². The van der Waals surface area contributed by atoms with Crippen LogP contribution in [-0.4, -0.2) is 5.91 Å². The maximum atomic E-state index is 12.0. The first-order valence-electron chi connectivity index (χ1n) is 7.80. The summed E-state index contributed by atoms with van der Waals surface area (Å²) in [5, 5.41) is 3.66. The molecule has 0 atom stereocenters. The van der Waals surface area contributed by atoms with Gasteiger partial charge in [-0.05, 0) is 54.7 Å². The van der Waals surface area contributed by atoms with Crippen LogP contribution >= 0.6 is 11.6 Å². The number of carbonyl (C=O) groups is 1. The van der Waals surface area contributed by atoms with Crippen molar-refractivity contribution in [2.45, 2.75) is 39.0 Å². The number of halogens is 1. The highest BCUT2D eigenvalue weighted by atomic mass is 35.5. The van der Waals surface area contributed by atoms with Crippen molar-refractivity contribution in [2.75, 3.05) is 5.32 Å². The van der Waals surface area contributed by atoms with Crippen LogP contribution in [0, 0.1) is 0 Å². The van der Waals surface area contributed by atoms with Crippen molar-refractivity contribution in [3.8, 4) is 0 Å². The molecule has 3 heteroatoms. The van der Waals surface area contributed by atoms with Crippen molar-refractivity contribution < 1.29 is 4.79 Å². The molecular formula is C19H22ClNO. The quantitative estimate of drug-likeness (QED) is 0.742. The minimum atomic E-state index is 0.0382. The molecule has 0 spiro atoms. The van der Waals surface area contributed by atoms with Crippen molar-refractivity contribution in [2.24, 2.45) is 0 Å². The molecule has 1 amide bonds. The summed E-state index contributed by atoms with van der Waals surface area (Å²) in [6, 6.07) is 15.7. The Kier molecular flexibility index (Phi) is 6.47. The topological polar surface area (TPSA) is 29.1 Å². The van der Waals surface area contributed by atoms with Gasteiger partial charge in [0.2, 0.25) is 5.91 Å². The number of anilines is 1. The molecule has 0 heterocycles. The lowest BCUT2D eigenvalue weighted by Gasteiger charge is -2.07. The van der Waals surface area contributed by atoms with E-state index < -0.39 is 0 Å². The van der Waals surface area contributed by atoms with Gasteiger partial charge < -0.3 is 5.32 Å². The molecule has 2 rings (SSSR count). The van der Waals surface area contributed by atoms with E-state index in [9.17, 15) is 4.79 Å². The van der Waals surface area contributed by atoms with E-state index >= 15 is 0 Å². The molecule has 0 aromatic heterocycles. The molecule has 0 saturated heterocycles. The van der Waals surface area contributed by atoms with Gasteiger partial charge in [0.05, 0.1) is 0 Å². The van der Waals surface area contributed by atoms with Crippen LogP contribution in [0.15, 0.2) is 48.5 Å². The van der Waals surface area contributed by atoms with Crippen molar-refractivity contribution in [3.63, 3.8) is 0 Å². The van der Waals surface area contributed by atoms with Crippen LogP contribution in [-0.2, 0) is 17.6 Å². The van der Waals surface area contributed by atoms with Crippen molar-refractivity contribution in [3.05, 3.63) is 64.7 Å². The second-order valence-corrected chi connectivity index (χ2v) is 5.91. The number of nitrogens with one attached hydrogen (secondary N) is 1. The minimum absolute atomic E-state index is 0.0382. The van der Waals surface area contributed by atoms with Gasteiger partial charge >= 0.3 is 0 Å². The zero-order valence-electron chi connectivity index (χ0n) is 12.9. The molecule has 0 bridgehead atoms. The van der Waals surface area contributed by atoms with Crippen LogP contribution in [0.5, 0.6) is 0 Å². The molecule has 116 valence electrons. The molecule has 0 fully saturated rings. The fraction of sp³-hybridized carbons (Fsp3) is 0.316. The zero-order chi connectivity index (χ0) is 15.8. The molecule has 0 aliphatic rings. The van der Waals surface area contributed by atoms with Gasteiger partial charge in [-0.25, -0.2) is 0 Å². The Hall–Kier alpha value is -1.80. The Balaban J connectivity index is 1.80. The lowest BCUT2D eigenvalue weighted by atomic mass is 10.1. The summed E-state index contributed by atoms with van der Waals surface area (Å²) in [7, 11) is 0. The lowest BCUT2D eigenvalue weighted by molar-refractivity contribution is -0.116. The third kappa shape index (κ3) is 5.53. The average Bonchev–Trinajstić information content (AvgIpc) is 2.54. The summed E-state index contributed by atoms with van der Waals surface area (Å²) in [6.45, 7) is 2.19. The normalized spacial score (nSPS) is 10.5. The van der Waals surface area contributed by atoms with Gasteiger partial charge in [-0.3, -0.25) is 4.79 Å². The zero-order valence-corrected chi connectivity index (χ0v) is 13.7. The summed E-state index contributed by atoms with van der Waals surface area (Å²) >= 11 is 5.85. The van der Waals surface area contributed by atoms with Gasteiger partial charge in [-0.1, -0.05) is 49.2 Å². The van der Waals surface area contributed by atoms with Crippen molar-refractivity contribution in [1.29, 1.82) is 0 Å². The molecular weight excluding hydrogens is 294 g/mol. The average molecular weight is 316 g/mol. The summed E-state index contributed by atoms with van der Waals surface area (Å²) in [5.41, 5.74) is 3.30. The molecule has 2 aromatic rings. The molecule has 0 aliphatic carbocycles. The fourth-order valence-electron chi connectivity index (χ4n) is 2.27. The molecule has 1 N–H and O–H groups in total. The van der Waals surface area contributed by atoms with Crippen LogP contribution in [0.2, 0.25) is 5.02 Å². The van der Waals surface area contributed by atoms with E-state index in [-0.39, 0.29) is 5.91 Å². The summed E-state index contributed by atoms with van der Waals surface area (Å²) in [6.07, 6.45) is 4.69. The van der Waals surface area contributed by atoms with Gasteiger partial charge in [0.1, 0.15) is 0 Å². The van der Waals surface area contributed by atoms with Crippen LogP contribution in [0.1, 0.15) is 37.3 Å². The molecule has 0 radical (unpaired) electrons. The van der Waals surface area contributed by atoms with Gasteiger partial charge in [-0.15, -0.1) is 0 Å². The van der Waals surface area contributed by atoms with E-state index in [1.165, 1.54) is 18.4 Å². The highest BCUT2D eigenvalue weighted by Crippen LogP contribution is 2.14. The number of hydrogen-bond acceptors (Lipinski definition) is 1. The summed E-state index contributed by atoms with van der Waals surface area (Å²) in [4.78, 5) is 12.0. The highest BCUT2D eigenvalue weighted by Gasteiger charge is 2.03. The predicted molar refractivity (Wildman–Crippen MR) is 93.5 cm³/mol. The van der Waals surface area contributed by atoms with Crippen LogP contribution < -0.4 is 5.32 Å². The molecule has 0 aliphatic heterocycles. The van der Waals surface area contributed by atoms with Crippen LogP contribution in [0.3, 0.4) is 0 Å². The first-order valence-corrected chi connectivity index (χ1v) is 8.18. The lowest BCUT2D eigenvalue weighted by Crippen LogP contribution is -2.12.